The lowest BCUT2D eigenvalue weighted by Gasteiger charge is -2.08. The van der Waals surface area contributed by atoms with Crippen LogP contribution in [0.25, 0.3) is 0 Å². The van der Waals surface area contributed by atoms with Crippen molar-refractivity contribution in [3.63, 3.8) is 0 Å². The summed E-state index contributed by atoms with van der Waals surface area (Å²) in [6, 6.07) is 8.88. The van der Waals surface area contributed by atoms with Gasteiger partial charge in [0.1, 0.15) is 17.4 Å². The predicted octanol–water partition coefficient (Wildman–Crippen LogP) is 2.45. The van der Waals surface area contributed by atoms with Crippen LogP contribution in [-0.2, 0) is 9.84 Å². The molecule has 0 saturated carbocycles. The molecule has 0 fully saturated rings. The Morgan fingerprint density at radius 3 is 2.45 bits per heavy atom. The van der Waals surface area contributed by atoms with Gasteiger partial charge in [-0.1, -0.05) is 11.6 Å². The van der Waals surface area contributed by atoms with Crippen molar-refractivity contribution in [1.82, 2.24) is 4.98 Å². The summed E-state index contributed by atoms with van der Waals surface area (Å²) in [6.07, 6.45) is 1.28. The quantitative estimate of drug-likeness (QED) is 0.870. The van der Waals surface area contributed by atoms with Gasteiger partial charge in [0.25, 0.3) is 0 Å². The Morgan fingerprint density at radius 2 is 1.90 bits per heavy atom. The summed E-state index contributed by atoms with van der Waals surface area (Å²) < 4.78 is 29.9. The largest absolute Gasteiger partial charge is 0.495 e. The van der Waals surface area contributed by atoms with E-state index in [1.54, 1.807) is 0 Å². The monoisotopic (exact) mass is 308 g/mol. The molecule has 2 rings (SSSR count). The van der Waals surface area contributed by atoms with Crippen LogP contribution in [0.1, 0.15) is 5.56 Å². The molecule has 102 valence electrons. The Labute approximate surface area is 121 Å². The van der Waals surface area contributed by atoms with Gasteiger partial charge >= 0.3 is 0 Å². The van der Waals surface area contributed by atoms with Crippen molar-refractivity contribution in [2.45, 2.75) is 9.92 Å². The van der Waals surface area contributed by atoms with Crippen LogP contribution in [0.3, 0.4) is 0 Å². The van der Waals surface area contributed by atoms with Gasteiger partial charge in [0.15, 0.2) is 5.03 Å². The molecule has 0 aliphatic rings. The fourth-order valence-electron chi connectivity index (χ4n) is 1.63. The van der Waals surface area contributed by atoms with Crippen LogP contribution >= 0.6 is 11.6 Å². The number of hydrogen-bond donors (Lipinski definition) is 0. The first-order valence-electron chi connectivity index (χ1n) is 5.44. The zero-order chi connectivity index (χ0) is 14.8. The van der Waals surface area contributed by atoms with Crippen molar-refractivity contribution < 1.29 is 13.2 Å². The fourth-order valence-corrected chi connectivity index (χ4v) is 3.09. The minimum Gasteiger partial charge on any atom is -0.495 e. The molecule has 2 aromatic rings. The second-order valence-corrected chi connectivity index (χ2v) is 6.06. The molecule has 1 aromatic carbocycles. The van der Waals surface area contributed by atoms with E-state index in [-0.39, 0.29) is 21.2 Å². The van der Waals surface area contributed by atoms with E-state index in [9.17, 15) is 8.42 Å². The van der Waals surface area contributed by atoms with Crippen LogP contribution < -0.4 is 4.74 Å². The Kier molecular flexibility index (Phi) is 3.93. The topological polar surface area (TPSA) is 80.0 Å². The van der Waals surface area contributed by atoms with Gasteiger partial charge in [-0.05, 0) is 30.3 Å². The number of rotatable bonds is 3. The summed E-state index contributed by atoms with van der Waals surface area (Å²) in [4.78, 5) is 3.82. The van der Waals surface area contributed by atoms with Gasteiger partial charge in [0.2, 0.25) is 9.84 Å². The molecule has 0 unspecified atom stereocenters. The SMILES string of the molecule is COc1ccnc(S(=O)(=O)c2ccc(Cl)cc2)c1C#N. The van der Waals surface area contributed by atoms with Crippen molar-refractivity contribution in [2.75, 3.05) is 7.11 Å². The number of nitriles is 1. The molecule has 1 heterocycles. The number of methoxy groups -OCH3 is 1. The van der Waals surface area contributed by atoms with E-state index in [0.29, 0.717) is 5.02 Å². The van der Waals surface area contributed by atoms with Crippen LogP contribution in [-0.4, -0.2) is 20.5 Å². The molecular weight excluding hydrogens is 300 g/mol. The van der Waals surface area contributed by atoms with E-state index < -0.39 is 9.84 Å². The van der Waals surface area contributed by atoms with Gasteiger partial charge in [-0.15, -0.1) is 0 Å². The fraction of sp³-hybridized carbons (Fsp3) is 0.0769. The first-order chi connectivity index (χ1) is 9.50. The highest BCUT2D eigenvalue weighted by Gasteiger charge is 2.25. The third-order valence-electron chi connectivity index (χ3n) is 2.59. The Balaban J connectivity index is 2.67. The van der Waals surface area contributed by atoms with E-state index >= 15 is 0 Å². The second kappa shape index (κ2) is 5.49. The molecule has 0 N–H and O–H groups in total. The maximum absolute atomic E-state index is 12.5. The van der Waals surface area contributed by atoms with Crippen molar-refractivity contribution in [3.8, 4) is 11.8 Å². The van der Waals surface area contributed by atoms with Gasteiger partial charge in [0.05, 0.1) is 12.0 Å². The third kappa shape index (κ3) is 2.46. The molecule has 0 aliphatic heterocycles. The van der Waals surface area contributed by atoms with E-state index in [1.807, 2.05) is 6.07 Å². The molecule has 0 atom stereocenters. The molecule has 0 radical (unpaired) electrons. The normalized spacial score (nSPS) is 10.8. The Hall–Kier alpha value is -2.10. The Bertz CT molecular complexity index is 780. The van der Waals surface area contributed by atoms with E-state index in [2.05, 4.69) is 4.98 Å². The van der Waals surface area contributed by atoms with Crippen molar-refractivity contribution >= 4 is 21.4 Å². The van der Waals surface area contributed by atoms with Crippen molar-refractivity contribution in [3.05, 3.63) is 47.1 Å². The average molecular weight is 309 g/mol. The molecule has 0 aliphatic carbocycles. The number of sulfone groups is 1. The first kappa shape index (κ1) is 14.3. The number of aromatic nitrogens is 1. The summed E-state index contributed by atoms with van der Waals surface area (Å²) in [5.74, 6) is 0.162. The molecule has 1 aromatic heterocycles. The van der Waals surface area contributed by atoms with E-state index in [1.165, 1.54) is 43.6 Å². The van der Waals surface area contributed by atoms with Gasteiger partial charge in [-0.3, -0.25) is 0 Å². The first-order valence-corrected chi connectivity index (χ1v) is 7.30. The predicted molar refractivity (Wildman–Crippen MR) is 72.4 cm³/mol. The minimum atomic E-state index is -3.90. The number of halogens is 1. The summed E-state index contributed by atoms with van der Waals surface area (Å²) >= 11 is 5.73. The van der Waals surface area contributed by atoms with Crippen LogP contribution in [0.2, 0.25) is 5.02 Å². The molecule has 5 nitrogen and oxygen atoms in total. The smallest absolute Gasteiger partial charge is 0.225 e. The lowest BCUT2D eigenvalue weighted by Crippen LogP contribution is -2.08. The highest BCUT2D eigenvalue weighted by molar-refractivity contribution is 7.91. The van der Waals surface area contributed by atoms with Gasteiger partial charge in [-0.25, -0.2) is 13.4 Å². The number of nitrogens with zero attached hydrogens (tertiary/aromatic N) is 2. The number of ether oxygens (including phenoxy) is 1. The van der Waals surface area contributed by atoms with E-state index in [4.69, 9.17) is 21.6 Å². The highest BCUT2D eigenvalue weighted by atomic mass is 35.5. The Morgan fingerprint density at radius 1 is 1.25 bits per heavy atom. The zero-order valence-corrected chi connectivity index (χ0v) is 11.9. The summed E-state index contributed by atoms with van der Waals surface area (Å²) in [5.41, 5.74) is -0.120. The molecule has 0 saturated heterocycles. The lowest BCUT2D eigenvalue weighted by molar-refractivity contribution is 0.410. The summed E-state index contributed by atoms with van der Waals surface area (Å²) in [7, 11) is -2.55. The zero-order valence-electron chi connectivity index (χ0n) is 10.4. The molecule has 7 heteroatoms. The van der Waals surface area contributed by atoms with Crippen LogP contribution in [0, 0.1) is 11.3 Å². The standard InChI is InChI=1S/C13H9ClN2O3S/c1-19-12-6-7-16-13(11(12)8-15)20(17,18)10-4-2-9(14)3-5-10/h2-7H,1H3. The van der Waals surface area contributed by atoms with Gasteiger partial charge < -0.3 is 4.74 Å². The molecular formula is C13H9ClN2O3S. The molecule has 0 spiro atoms. The van der Waals surface area contributed by atoms with E-state index in [0.717, 1.165) is 0 Å². The molecule has 20 heavy (non-hydrogen) atoms. The number of hydrogen-bond acceptors (Lipinski definition) is 5. The van der Waals surface area contributed by atoms with Crippen LogP contribution in [0.15, 0.2) is 46.5 Å². The summed E-state index contributed by atoms with van der Waals surface area (Å²) in [6.45, 7) is 0. The maximum atomic E-state index is 12.5. The maximum Gasteiger partial charge on any atom is 0.225 e. The van der Waals surface area contributed by atoms with Gasteiger partial charge in [-0.2, -0.15) is 5.26 Å². The highest BCUT2D eigenvalue weighted by Crippen LogP contribution is 2.28. The number of benzene rings is 1. The minimum absolute atomic E-state index is 0.0131. The third-order valence-corrected chi connectivity index (χ3v) is 4.55. The summed E-state index contributed by atoms with van der Waals surface area (Å²) in [5, 5.41) is 9.22. The van der Waals surface area contributed by atoms with Crippen LogP contribution in [0.4, 0.5) is 0 Å². The van der Waals surface area contributed by atoms with Crippen molar-refractivity contribution in [2.24, 2.45) is 0 Å². The average Bonchev–Trinajstić information content (AvgIpc) is 2.46. The second-order valence-electron chi connectivity index (χ2n) is 3.76. The number of pyridine rings is 1. The van der Waals surface area contributed by atoms with Crippen molar-refractivity contribution in [1.29, 1.82) is 5.26 Å². The molecule has 0 amide bonds. The molecule has 0 bridgehead atoms. The van der Waals surface area contributed by atoms with Gasteiger partial charge in [0, 0.05) is 11.2 Å². The van der Waals surface area contributed by atoms with Crippen LogP contribution in [0.5, 0.6) is 5.75 Å². The lowest BCUT2D eigenvalue weighted by atomic mass is 10.3.